The van der Waals surface area contributed by atoms with Crippen molar-refractivity contribution in [3.8, 4) is 0 Å². The van der Waals surface area contributed by atoms with Crippen LogP contribution in [0.4, 0.5) is 0 Å². The Balaban J connectivity index is 2.59. The van der Waals surface area contributed by atoms with Crippen LogP contribution in [-0.2, 0) is 5.41 Å². The van der Waals surface area contributed by atoms with Crippen molar-refractivity contribution in [1.82, 2.24) is 4.98 Å². The van der Waals surface area contributed by atoms with Gasteiger partial charge in [-0.3, -0.25) is 0 Å². The molecular weight excluding hydrogens is 236 g/mol. The van der Waals surface area contributed by atoms with Crippen LogP contribution in [0.15, 0.2) is 22.6 Å². The minimum Gasteiger partial charge on any atom is -0.438 e. The van der Waals surface area contributed by atoms with Gasteiger partial charge in [0, 0.05) is 6.54 Å². The third-order valence-corrected chi connectivity index (χ3v) is 3.86. The predicted octanol–water partition coefficient (Wildman–Crippen LogP) is 3.50. The highest BCUT2D eigenvalue weighted by Gasteiger charge is 2.32. The first-order valence-electron chi connectivity index (χ1n) is 5.92. The van der Waals surface area contributed by atoms with Crippen LogP contribution in [0.2, 0.25) is 5.02 Å². The van der Waals surface area contributed by atoms with E-state index in [1.54, 1.807) is 6.07 Å². The van der Waals surface area contributed by atoms with Crippen molar-refractivity contribution in [3.63, 3.8) is 0 Å². The molecule has 0 aliphatic carbocycles. The smallest absolute Gasteiger partial charge is 0.203 e. The first-order valence-corrected chi connectivity index (χ1v) is 6.30. The van der Waals surface area contributed by atoms with Gasteiger partial charge in [0.25, 0.3) is 0 Å². The van der Waals surface area contributed by atoms with Crippen LogP contribution in [0.3, 0.4) is 0 Å². The van der Waals surface area contributed by atoms with Crippen LogP contribution in [0.25, 0.3) is 11.1 Å². The summed E-state index contributed by atoms with van der Waals surface area (Å²) in [7, 11) is 0. The Kier molecular flexibility index (Phi) is 3.40. The van der Waals surface area contributed by atoms with Gasteiger partial charge in [0.1, 0.15) is 5.52 Å². The minimum absolute atomic E-state index is 0.178. The van der Waals surface area contributed by atoms with Gasteiger partial charge >= 0.3 is 0 Å². The molecule has 3 nitrogen and oxygen atoms in total. The Morgan fingerprint density at radius 3 is 2.59 bits per heavy atom. The summed E-state index contributed by atoms with van der Waals surface area (Å²) in [6.07, 6.45) is 1.81. The zero-order chi connectivity index (χ0) is 12.5. The predicted molar refractivity (Wildman–Crippen MR) is 70.3 cm³/mol. The molecule has 0 amide bonds. The second kappa shape index (κ2) is 4.67. The molecule has 0 unspecified atom stereocenters. The fraction of sp³-hybridized carbons (Fsp3) is 0.462. The van der Waals surface area contributed by atoms with Crippen molar-refractivity contribution in [2.24, 2.45) is 5.73 Å². The number of fused-ring (bicyclic) bond motifs is 1. The van der Waals surface area contributed by atoms with Crippen molar-refractivity contribution < 1.29 is 4.42 Å². The molecule has 1 aromatic carbocycles. The van der Waals surface area contributed by atoms with E-state index >= 15 is 0 Å². The molecule has 0 bridgehead atoms. The molecule has 17 heavy (non-hydrogen) atoms. The average Bonchev–Trinajstić information content (AvgIpc) is 2.78. The summed E-state index contributed by atoms with van der Waals surface area (Å²) in [6.45, 7) is 4.74. The largest absolute Gasteiger partial charge is 0.438 e. The third kappa shape index (κ3) is 1.94. The number of aromatic nitrogens is 1. The molecule has 0 fully saturated rings. The lowest BCUT2D eigenvalue weighted by Crippen LogP contribution is -2.34. The van der Waals surface area contributed by atoms with Gasteiger partial charge in [-0.25, -0.2) is 4.98 Å². The lowest BCUT2D eigenvalue weighted by atomic mass is 9.82. The lowest BCUT2D eigenvalue weighted by molar-refractivity contribution is 0.316. The summed E-state index contributed by atoms with van der Waals surface area (Å²) < 4.78 is 5.81. The highest BCUT2D eigenvalue weighted by Crippen LogP contribution is 2.34. The quantitative estimate of drug-likeness (QED) is 0.906. The Labute approximate surface area is 106 Å². The number of hydrogen-bond donors (Lipinski definition) is 1. The molecule has 0 atom stereocenters. The number of rotatable bonds is 4. The highest BCUT2D eigenvalue weighted by atomic mass is 35.5. The third-order valence-electron chi connectivity index (χ3n) is 3.56. The average molecular weight is 253 g/mol. The van der Waals surface area contributed by atoms with E-state index in [0.717, 1.165) is 18.4 Å². The summed E-state index contributed by atoms with van der Waals surface area (Å²) in [6, 6.07) is 5.58. The zero-order valence-electron chi connectivity index (χ0n) is 10.2. The first-order chi connectivity index (χ1) is 8.16. The molecule has 92 valence electrons. The van der Waals surface area contributed by atoms with E-state index in [1.165, 1.54) is 0 Å². The second-order valence-electron chi connectivity index (χ2n) is 4.30. The summed E-state index contributed by atoms with van der Waals surface area (Å²) in [5.41, 5.74) is 7.16. The number of hydrogen-bond acceptors (Lipinski definition) is 3. The van der Waals surface area contributed by atoms with Gasteiger partial charge in [-0.05, 0) is 25.0 Å². The molecule has 2 N–H and O–H groups in total. The molecule has 0 aliphatic rings. The number of halogens is 1. The number of benzene rings is 1. The SMILES string of the molecule is CCC(CC)(CN)c1nc2cccc(Cl)c2o1. The van der Waals surface area contributed by atoms with E-state index in [-0.39, 0.29) is 5.41 Å². The minimum atomic E-state index is -0.178. The van der Waals surface area contributed by atoms with Crippen LogP contribution in [0.5, 0.6) is 0 Å². The van der Waals surface area contributed by atoms with Gasteiger partial charge in [0.2, 0.25) is 5.89 Å². The first kappa shape index (κ1) is 12.4. The monoisotopic (exact) mass is 252 g/mol. The Bertz CT molecular complexity index is 509. The van der Waals surface area contributed by atoms with Crippen LogP contribution in [0, 0.1) is 0 Å². The lowest BCUT2D eigenvalue weighted by Gasteiger charge is -2.25. The Morgan fingerprint density at radius 1 is 1.35 bits per heavy atom. The fourth-order valence-electron chi connectivity index (χ4n) is 2.07. The maximum atomic E-state index is 6.09. The Morgan fingerprint density at radius 2 is 2.06 bits per heavy atom. The van der Waals surface area contributed by atoms with Gasteiger partial charge in [-0.1, -0.05) is 31.5 Å². The van der Waals surface area contributed by atoms with Gasteiger partial charge in [-0.15, -0.1) is 0 Å². The molecule has 0 radical (unpaired) electrons. The molecule has 1 heterocycles. The number of para-hydroxylation sites is 1. The maximum absolute atomic E-state index is 6.09. The van der Waals surface area contributed by atoms with E-state index in [2.05, 4.69) is 18.8 Å². The van der Waals surface area contributed by atoms with E-state index in [9.17, 15) is 0 Å². The van der Waals surface area contributed by atoms with E-state index in [1.807, 2.05) is 12.1 Å². The van der Waals surface area contributed by atoms with E-state index in [4.69, 9.17) is 21.8 Å². The van der Waals surface area contributed by atoms with Crippen molar-refractivity contribution in [3.05, 3.63) is 29.1 Å². The van der Waals surface area contributed by atoms with Gasteiger partial charge in [0.15, 0.2) is 5.58 Å². The van der Waals surface area contributed by atoms with Crippen LogP contribution >= 0.6 is 11.6 Å². The van der Waals surface area contributed by atoms with Gasteiger partial charge < -0.3 is 10.2 Å². The number of nitrogens with zero attached hydrogens (tertiary/aromatic N) is 1. The standard InChI is InChI=1S/C13H17ClN2O/c1-3-13(4-2,8-15)12-16-10-7-5-6-9(14)11(10)17-12/h5-7H,3-4,8,15H2,1-2H3. The van der Waals surface area contributed by atoms with Crippen LogP contribution < -0.4 is 5.73 Å². The summed E-state index contributed by atoms with van der Waals surface area (Å²) in [5, 5.41) is 0.597. The summed E-state index contributed by atoms with van der Waals surface area (Å²) in [4.78, 5) is 4.53. The Hall–Kier alpha value is -1.06. The molecule has 2 aromatic rings. The van der Waals surface area contributed by atoms with E-state index in [0.29, 0.717) is 23.0 Å². The second-order valence-corrected chi connectivity index (χ2v) is 4.71. The zero-order valence-corrected chi connectivity index (χ0v) is 10.9. The van der Waals surface area contributed by atoms with Crippen molar-refractivity contribution >= 4 is 22.7 Å². The summed E-state index contributed by atoms with van der Waals surface area (Å²) >= 11 is 6.09. The molecule has 0 saturated heterocycles. The molecule has 0 saturated carbocycles. The topological polar surface area (TPSA) is 52.0 Å². The normalized spacial score (nSPS) is 12.2. The number of oxazole rings is 1. The van der Waals surface area contributed by atoms with Crippen molar-refractivity contribution in [2.45, 2.75) is 32.1 Å². The number of nitrogens with two attached hydrogens (primary N) is 1. The fourth-order valence-corrected chi connectivity index (χ4v) is 2.28. The van der Waals surface area contributed by atoms with Crippen molar-refractivity contribution in [2.75, 3.05) is 6.54 Å². The summed E-state index contributed by atoms with van der Waals surface area (Å²) in [5.74, 6) is 0.702. The highest BCUT2D eigenvalue weighted by molar-refractivity contribution is 6.34. The van der Waals surface area contributed by atoms with Crippen LogP contribution in [-0.4, -0.2) is 11.5 Å². The van der Waals surface area contributed by atoms with E-state index < -0.39 is 0 Å². The van der Waals surface area contributed by atoms with Crippen molar-refractivity contribution in [1.29, 1.82) is 0 Å². The molecule has 1 aromatic heterocycles. The maximum Gasteiger partial charge on any atom is 0.203 e. The van der Waals surface area contributed by atoms with Crippen LogP contribution in [0.1, 0.15) is 32.6 Å². The molecular formula is C13H17ClN2O. The van der Waals surface area contributed by atoms with Gasteiger partial charge in [-0.2, -0.15) is 0 Å². The van der Waals surface area contributed by atoms with Gasteiger partial charge in [0.05, 0.1) is 10.4 Å². The molecule has 0 aliphatic heterocycles. The molecule has 0 spiro atoms. The molecule has 2 rings (SSSR count). The molecule has 4 heteroatoms.